The quantitative estimate of drug-likeness (QED) is 0.265. The van der Waals surface area contributed by atoms with Crippen molar-refractivity contribution in [1.82, 2.24) is 25.2 Å². The highest BCUT2D eigenvalue weighted by Gasteiger charge is 2.24. The highest BCUT2D eigenvalue weighted by Crippen LogP contribution is 2.35. The third kappa shape index (κ3) is 6.24. The van der Waals surface area contributed by atoms with E-state index < -0.39 is 21.7 Å². The van der Waals surface area contributed by atoms with Gasteiger partial charge in [-0.05, 0) is 63.1 Å². The lowest BCUT2D eigenvalue weighted by molar-refractivity contribution is 0.0523. The number of hydrogen-bond acceptors (Lipinski definition) is 9. The van der Waals surface area contributed by atoms with Gasteiger partial charge in [0.1, 0.15) is 21.6 Å². The van der Waals surface area contributed by atoms with Crippen molar-refractivity contribution in [2.75, 3.05) is 11.8 Å². The number of para-hydroxylation sites is 1. The molecule has 0 aliphatic heterocycles. The Kier molecular flexibility index (Phi) is 7.30. The fraction of sp³-hybridized carbons (Fsp3) is 0.286. The number of hydrogen-bond donors (Lipinski definition) is 2. The number of aryl methyl sites for hydroxylation is 1. The predicted molar refractivity (Wildman–Crippen MR) is 152 cm³/mol. The summed E-state index contributed by atoms with van der Waals surface area (Å²) >= 11 is 0. The number of carbonyl (C=O) groups excluding carboxylic acids is 1. The van der Waals surface area contributed by atoms with Gasteiger partial charge in [-0.25, -0.2) is 13.2 Å². The number of ether oxygens (including phenoxy) is 2. The summed E-state index contributed by atoms with van der Waals surface area (Å²) in [4.78, 5) is 16.3. The van der Waals surface area contributed by atoms with Gasteiger partial charge < -0.3 is 19.3 Å². The van der Waals surface area contributed by atoms with Crippen LogP contribution in [0.5, 0.6) is 5.75 Å². The van der Waals surface area contributed by atoms with E-state index in [1.165, 1.54) is 13.2 Å². The molecular formula is C28H30N6O6S. The van der Waals surface area contributed by atoms with E-state index in [4.69, 9.17) is 14.0 Å². The first-order valence-corrected chi connectivity index (χ1v) is 14.2. The zero-order valence-corrected chi connectivity index (χ0v) is 24.1. The zero-order chi connectivity index (χ0) is 29.4. The molecule has 0 unspecified atom stereocenters. The normalized spacial score (nSPS) is 12.0. The van der Waals surface area contributed by atoms with Crippen molar-refractivity contribution in [1.29, 1.82) is 0 Å². The van der Waals surface area contributed by atoms with Gasteiger partial charge in [-0.1, -0.05) is 17.3 Å². The number of nitrogens with one attached hydrogen (secondary N) is 2. The number of methoxy groups -OCH3 is 1. The van der Waals surface area contributed by atoms with Gasteiger partial charge in [-0.3, -0.25) is 14.4 Å². The van der Waals surface area contributed by atoms with E-state index in [-0.39, 0.29) is 17.3 Å². The van der Waals surface area contributed by atoms with E-state index in [1.54, 1.807) is 62.2 Å². The van der Waals surface area contributed by atoms with Crippen LogP contribution in [0.1, 0.15) is 37.5 Å². The molecule has 2 aromatic carbocycles. The van der Waals surface area contributed by atoms with Gasteiger partial charge in [0.2, 0.25) is 0 Å². The second-order valence-electron chi connectivity index (χ2n) is 10.6. The molecule has 13 heteroatoms. The second kappa shape index (κ2) is 10.7. The van der Waals surface area contributed by atoms with E-state index in [0.29, 0.717) is 34.2 Å². The van der Waals surface area contributed by atoms with Crippen LogP contribution in [0.2, 0.25) is 0 Å². The van der Waals surface area contributed by atoms with Crippen molar-refractivity contribution in [3.05, 3.63) is 71.7 Å². The van der Waals surface area contributed by atoms with Crippen molar-refractivity contribution < 1.29 is 27.2 Å². The number of amides is 1. The smallest absolute Gasteiger partial charge is 0.407 e. The van der Waals surface area contributed by atoms with E-state index in [1.807, 2.05) is 19.1 Å². The Bertz CT molecular complexity index is 1860. The van der Waals surface area contributed by atoms with Crippen LogP contribution in [0.25, 0.3) is 21.9 Å². The molecule has 12 nitrogen and oxygen atoms in total. The minimum atomic E-state index is -4.06. The number of alkyl carbamates (subject to hydrolysis) is 1. The summed E-state index contributed by atoms with van der Waals surface area (Å²) in [6, 6.07) is 10.3. The van der Waals surface area contributed by atoms with E-state index in [0.717, 1.165) is 16.7 Å². The van der Waals surface area contributed by atoms with Crippen molar-refractivity contribution in [3.63, 3.8) is 0 Å². The third-order valence-electron chi connectivity index (χ3n) is 6.02. The number of anilines is 1. The molecule has 3 aromatic heterocycles. The standard InChI is InChI=1S/C28H30N6O6S/c1-17-9-20-7-6-8-23(25(20)29-12-17)41(36,37)33-26-24-21(38-5)10-18(11-22(24)40-32-26)15-34-16-19(14-31-34)13-30-27(35)39-28(2,3)4/h6-12,14,16H,13,15H2,1-5H3,(H,30,35)(H,32,33). The lowest BCUT2D eigenvalue weighted by atomic mass is 10.1. The molecule has 0 saturated carbocycles. The van der Waals surface area contributed by atoms with Crippen molar-refractivity contribution in [3.8, 4) is 5.75 Å². The molecule has 0 aliphatic carbocycles. The Morgan fingerprint density at radius 3 is 2.68 bits per heavy atom. The average molecular weight is 579 g/mol. The van der Waals surface area contributed by atoms with Crippen molar-refractivity contribution in [2.24, 2.45) is 0 Å². The molecule has 0 atom stereocenters. The average Bonchev–Trinajstić information content (AvgIpc) is 3.52. The molecular weight excluding hydrogens is 548 g/mol. The van der Waals surface area contributed by atoms with Crippen molar-refractivity contribution >= 4 is 43.8 Å². The maximum atomic E-state index is 13.4. The molecule has 0 saturated heterocycles. The summed E-state index contributed by atoms with van der Waals surface area (Å²) in [5.74, 6) is 0.379. The molecule has 0 bridgehead atoms. The van der Waals surface area contributed by atoms with Crippen LogP contribution in [0, 0.1) is 6.92 Å². The molecule has 0 radical (unpaired) electrons. The minimum Gasteiger partial charge on any atom is -0.496 e. The summed E-state index contributed by atoms with van der Waals surface area (Å²) in [6.45, 7) is 7.90. The van der Waals surface area contributed by atoms with Crippen LogP contribution in [0.3, 0.4) is 0 Å². The molecule has 0 aliphatic rings. The third-order valence-corrected chi connectivity index (χ3v) is 7.39. The molecule has 2 N–H and O–H groups in total. The Labute approximate surface area is 236 Å². The summed E-state index contributed by atoms with van der Waals surface area (Å²) < 4.78 is 47.4. The lowest BCUT2D eigenvalue weighted by Gasteiger charge is -2.19. The summed E-state index contributed by atoms with van der Waals surface area (Å²) in [7, 11) is -2.58. The Balaban J connectivity index is 1.36. The molecule has 214 valence electrons. The number of rotatable bonds is 8. The zero-order valence-electron chi connectivity index (χ0n) is 23.3. The molecule has 1 amide bonds. The van der Waals surface area contributed by atoms with E-state index >= 15 is 0 Å². The number of nitrogens with zero attached hydrogens (tertiary/aromatic N) is 4. The minimum absolute atomic E-state index is 0.00195. The Hall–Kier alpha value is -4.65. The number of benzene rings is 2. The number of aromatic nitrogens is 4. The number of sulfonamides is 1. The van der Waals surface area contributed by atoms with Gasteiger partial charge in [0.05, 0.1) is 25.4 Å². The van der Waals surface area contributed by atoms with Gasteiger partial charge in [0.15, 0.2) is 11.4 Å². The van der Waals surface area contributed by atoms with Crippen LogP contribution >= 0.6 is 0 Å². The van der Waals surface area contributed by atoms with Gasteiger partial charge in [-0.2, -0.15) is 5.10 Å². The maximum absolute atomic E-state index is 13.4. The number of carbonyl (C=O) groups is 1. The summed E-state index contributed by atoms with van der Waals surface area (Å²) in [6.07, 6.45) is 4.56. The summed E-state index contributed by atoms with van der Waals surface area (Å²) in [5, 5.41) is 12.1. The summed E-state index contributed by atoms with van der Waals surface area (Å²) in [5.41, 5.74) is 2.60. The van der Waals surface area contributed by atoms with Gasteiger partial charge in [0.25, 0.3) is 10.0 Å². The Morgan fingerprint density at radius 2 is 1.93 bits per heavy atom. The largest absolute Gasteiger partial charge is 0.496 e. The van der Waals surface area contributed by atoms with Crippen LogP contribution < -0.4 is 14.8 Å². The first kappa shape index (κ1) is 27.9. The van der Waals surface area contributed by atoms with Crippen LogP contribution in [0.4, 0.5) is 10.6 Å². The highest BCUT2D eigenvalue weighted by atomic mass is 32.2. The molecule has 3 heterocycles. The van der Waals surface area contributed by atoms with Crippen LogP contribution in [0.15, 0.2) is 64.4 Å². The van der Waals surface area contributed by atoms with Gasteiger partial charge in [-0.15, -0.1) is 0 Å². The molecule has 0 fully saturated rings. The first-order chi connectivity index (χ1) is 19.4. The van der Waals surface area contributed by atoms with E-state index in [2.05, 4.69) is 25.3 Å². The fourth-order valence-corrected chi connectivity index (χ4v) is 5.50. The van der Waals surface area contributed by atoms with Crippen molar-refractivity contribution in [2.45, 2.75) is 51.3 Å². The van der Waals surface area contributed by atoms with E-state index in [9.17, 15) is 13.2 Å². The lowest BCUT2D eigenvalue weighted by Crippen LogP contribution is -2.32. The molecule has 5 aromatic rings. The molecule has 41 heavy (non-hydrogen) atoms. The topological polar surface area (TPSA) is 150 Å². The number of pyridine rings is 1. The van der Waals surface area contributed by atoms with Crippen LogP contribution in [-0.2, 0) is 27.8 Å². The second-order valence-corrected chi connectivity index (χ2v) is 12.2. The SMILES string of the molecule is COc1cc(Cn2cc(CNC(=O)OC(C)(C)C)cn2)cc2onc(NS(=O)(=O)c3cccc4cc(C)cnc34)c12. The molecule has 0 spiro atoms. The highest BCUT2D eigenvalue weighted by molar-refractivity contribution is 7.93. The number of fused-ring (bicyclic) bond motifs is 2. The fourth-order valence-electron chi connectivity index (χ4n) is 4.31. The predicted octanol–water partition coefficient (Wildman–Crippen LogP) is 4.76. The Morgan fingerprint density at radius 1 is 1.12 bits per heavy atom. The van der Waals surface area contributed by atoms with Gasteiger partial charge >= 0.3 is 6.09 Å². The first-order valence-electron chi connectivity index (χ1n) is 12.7. The van der Waals surface area contributed by atoms with Gasteiger partial charge in [0, 0.05) is 29.9 Å². The maximum Gasteiger partial charge on any atom is 0.407 e. The van der Waals surface area contributed by atoms with Crippen LogP contribution in [-0.4, -0.2) is 47.1 Å². The monoisotopic (exact) mass is 578 g/mol. The molecule has 5 rings (SSSR count).